The molecule has 5 heteroatoms. The van der Waals surface area contributed by atoms with Crippen LogP contribution in [0.5, 0.6) is 0 Å². The lowest BCUT2D eigenvalue weighted by Crippen LogP contribution is -1.87. The van der Waals surface area contributed by atoms with Crippen LogP contribution in [0.1, 0.15) is 0 Å². The van der Waals surface area contributed by atoms with Crippen LogP contribution in [0, 0.1) is 0 Å². The van der Waals surface area contributed by atoms with Crippen molar-refractivity contribution in [1.82, 2.24) is 19.4 Å². The summed E-state index contributed by atoms with van der Waals surface area (Å²) in [6.45, 7) is 0. The van der Waals surface area contributed by atoms with Crippen LogP contribution in [0.15, 0.2) is 47.5 Å². The molecule has 0 aliphatic heterocycles. The number of hydrogen-bond donors (Lipinski definition) is 0. The van der Waals surface area contributed by atoms with E-state index in [0.717, 1.165) is 15.8 Å². The van der Waals surface area contributed by atoms with E-state index in [1.807, 2.05) is 35.0 Å². The second kappa shape index (κ2) is 3.68. The minimum Gasteiger partial charge on any atom is -0.306 e. The van der Waals surface area contributed by atoms with E-state index in [9.17, 15) is 0 Å². The van der Waals surface area contributed by atoms with E-state index in [2.05, 4.69) is 30.9 Å². The molecule has 3 aromatic heterocycles. The minimum atomic E-state index is 0.631. The van der Waals surface area contributed by atoms with Gasteiger partial charge in [0.25, 0.3) is 0 Å². The number of nitrogens with zero attached hydrogens (tertiary/aromatic N) is 4. The van der Waals surface area contributed by atoms with E-state index in [-0.39, 0.29) is 0 Å². The molecule has 0 aromatic carbocycles. The van der Waals surface area contributed by atoms with Gasteiger partial charge in [-0.05, 0) is 28.1 Å². The van der Waals surface area contributed by atoms with Crippen molar-refractivity contribution in [2.75, 3.05) is 0 Å². The Labute approximate surface area is 100 Å². The molecule has 0 saturated heterocycles. The highest BCUT2D eigenvalue weighted by atomic mass is 79.9. The Morgan fingerprint density at radius 1 is 1.12 bits per heavy atom. The van der Waals surface area contributed by atoms with Crippen molar-refractivity contribution in [2.45, 2.75) is 0 Å². The first kappa shape index (κ1) is 9.47. The molecule has 0 radical (unpaired) electrons. The second-order valence-corrected chi connectivity index (χ2v) is 4.23. The summed E-state index contributed by atoms with van der Waals surface area (Å²) in [6.07, 6.45) is 7.29. The van der Waals surface area contributed by atoms with Gasteiger partial charge in [-0.2, -0.15) is 0 Å². The van der Waals surface area contributed by atoms with Crippen molar-refractivity contribution in [3.63, 3.8) is 0 Å². The zero-order chi connectivity index (χ0) is 11.0. The maximum Gasteiger partial charge on any atom is 0.179 e. The summed E-state index contributed by atoms with van der Waals surface area (Å²) in [6, 6.07) is 5.86. The van der Waals surface area contributed by atoms with Crippen molar-refractivity contribution in [3.8, 4) is 11.5 Å². The molecule has 78 valence electrons. The summed E-state index contributed by atoms with van der Waals surface area (Å²) in [7, 11) is 0. The molecule has 0 unspecified atom stereocenters. The van der Waals surface area contributed by atoms with Crippen molar-refractivity contribution < 1.29 is 0 Å². The predicted octanol–water partition coefficient (Wildman–Crippen LogP) is 2.55. The third kappa shape index (κ3) is 1.59. The maximum atomic E-state index is 4.44. The third-order valence-corrected chi connectivity index (χ3v) is 2.62. The molecule has 0 aliphatic carbocycles. The van der Waals surface area contributed by atoms with Gasteiger partial charge in [-0.3, -0.25) is 0 Å². The lowest BCUT2D eigenvalue weighted by atomic mass is 10.4. The highest BCUT2D eigenvalue weighted by Gasteiger charge is 2.05. The molecule has 3 aromatic rings. The number of fused-ring (bicyclic) bond motifs is 1. The average Bonchev–Trinajstić information content (AvgIpc) is 2.73. The first-order valence-electron chi connectivity index (χ1n) is 4.74. The van der Waals surface area contributed by atoms with Crippen LogP contribution >= 0.6 is 15.9 Å². The molecule has 0 bridgehead atoms. The first-order chi connectivity index (χ1) is 7.83. The van der Waals surface area contributed by atoms with E-state index in [1.54, 1.807) is 12.4 Å². The molecule has 0 aliphatic rings. The van der Waals surface area contributed by atoms with E-state index < -0.39 is 0 Å². The van der Waals surface area contributed by atoms with Crippen molar-refractivity contribution >= 4 is 21.6 Å². The Morgan fingerprint density at radius 3 is 2.69 bits per heavy atom. The van der Waals surface area contributed by atoms with Crippen LogP contribution in [0.4, 0.5) is 0 Å². The number of aromatic nitrogens is 4. The summed E-state index contributed by atoms with van der Waals surface area (Å²) >= 11 is 3.30. The van der Waals surface area contributed by atoms with Crippen LogP contribution in [0.3, 0.4) is 0 Å². The third-order valence-electron chi connectivity index (χ3n) is 2.21. The highest BCUT2D eigenvalue weighted by Crippen LogP contribution is 2.15. The highest BCUT2D eigenvalue weighted by molar-refractivity contribution is 9.10. The number of imidazole rings is 1. The molecule has 16 heavy (non-hydrogen) atoms. The quantitative estimate of drug-likeness (QED) is 0.685. The van der Waals surface area contributed by atoms with Crippen molar-refractivity contribution in [1.29, 1.82) is 0 Å². The fourth-order valence-electron chi connectivity index (χ4n) is 1.49. The molecule has 0 atom stereocenters. The Kier molecular flexibility index (Phi) is 2.18. The number of rotatable bonds is 1. The minimum absolute atomic E-state index is 0.631. The molecule has 0 saturated carbocycles. The fraction of sp³-hybridized carbons (Fsp3) is 0. The zero-order valence-corrected chi connectivity index (χ0v) is 9.79. The summed E-state index contributed by atoms with van der Waals surface area (Å²) in [5.74, 6) is 0.631. The summed E-state index contributed by atoms with van der Waals surface area (Å²) in [5, 5.41) is 0. The van der Waals surface area contributed by atoms with Crippen LogP contribution in [-0.2, 0) is 0 Å². The number of hydrogen-bond acceptors (Lipinski definition) is 3. The molecule has 3 rings (SSSR count). The van der Waals surface area contributed by atoms with E-state index in [0.29, 0.717) is 5.82 Å². The topological polar surface area (TPSA) is 43.1 Å². The van der Waals surface area contributed by atoms with Gasteiger partial charge in [0, 0.05) is 24.8 Å². The molecule has 0 spiro atoms. The number of halogens is 1. The lowest BCUT2D eigenvalue weighted by Gasteiger charge is -1.93. The average molecular weight is 275 g/mol. The summed E-state index contributed by atoms with van der Waals surface area (Å²) in [4.78, 5) is 12.9. The van der Waals surface area contributed by atoms with Crippen molar-refractivity contribution in [3.05, 3.63) is 47.5 Å². The zero-order valence-electron chi connectivity index (χ0n) is 8.21. The Morgan fingerprint density at radius 2 is 1.94 bits per heavy atom. The number of pyridine rings is 1. The van der Waals surface area contributed by atoms with E-state index in [4.69, 9.17) is 0 Å². The lowest BCUT2D eigenvalue weighted by molar-refractivity contribution is 1.14. The maximum absolute atomic E-state index is 4.44. The van der Waals surface area contributed by atoms with Crippen LogP contribution in [0.25, 0.3) is 17.2 Å². The monoisotopic (exact) mass is 274 g/mol. The van der Waals surface area contributed by atoms with Crippen LogP contribution in [-0.4, -0.2) is 19.4 Å². The Hall–Kier alpha value is -1.75. The summed E-state index contributed by atoms with van der Waals surface area (Å²) in [5.41, 5.74) is 1.67. The largest absolute Gasteiger partial charge is 0.306 e. The van der Waals surface area contributed by atoms with Gasteiger partial charge < -0.3 is 4.40 Å². The molecule has 3 heterocycles. The normalized spacial score (nSPS) is 10.8. The van der Waals surface area contributed by atoms with Crippen LogP contribution in [0.2, 0.25) is 0 Å². The van der Waals surface area contributed by atoms with E-state index >= 15 is 0 Å². The molecule has 4 nitrogen and oxygen atoms in total. The van der Waals surface area contributed by atoms with Gasteiger partial charge in [-0.1, -0.05) is 6.07 Å². The SMILES string of the molecule is Brc1cnc(-c2cn3ccccc3n2)nc1. The van der Waals surface area contributed by atoms with E-state index in [1.165, 1.54) is 0 Å². The molecular formula is C11H7BrN4. The van der Waals surface area contributed by atoms with Crippen LogP contribution < -0.4 is 0 Å². The van der Waals surface area contributed by atoms with Gasteiger partial charge in [-0.15, -0.1) is 0 Å². The van der Waals surface area contributed by atoms with Gasteiger partial charge in [0.15, 0.2) is 5.82 Å². The second-order valence-electron chi connectivity index (χ2n) is 3.32. The van der Waals surface area contributed by atoms with Gasteiger partial charge in [0.1, 0.15) is 11.3 Å². The Balaban J connectivity index is 2.15. The molecular weight excluding hydrogens is 268 g/mol. The van der Waals surface area contributed by atoms with Gasteiger partial charge in [0.05, 0.1) is 4.47 Å². The molecule has 0 amide bonds. The summed E-state index contributed by atoms with van der Waals surface area (Å²) < 4.78 is 2.81. The molecule has 0 N–H and O–H groups in total. The first-order valence-corrected chi connectivity index (χ1v) is 5.54. The fourth-order valence-corrected chi connectivity index (χ4v) is 1.69. The van der Waals surface area contributed by atoms with Gasteiger partial charge in [-0.25, -0.2) is 15.0 Å². The standard InChI is InChI=1S/C11H7BrN4/c12-8-5-13-11(14-6-8)9-7-16-4-2-1-3-10(16)15-9/h1-7H. The Bertz CT molecular complexity index is 597. The van der Waals surface area contributed by atoms with Gasteiger partial charge in [0.2, 0.25) is 0 Å². The van der Waals surface area contributed by atoms with Gasteiger partial charge >= 0.3 is 0 Å². The predicted molar refractivity (Wildman–Crippen MR) is 63.9 cm³/mol. The molecule has 0 fully saturated rings. The smallest absolute Gasteiger partial charge is 0.179 e. The van der Waals surface area contributed by atoms with Crippen molar-refractivity contribution in [2.24, 2.45) is 0 Å².